The Balaban J connectivity index is 1.53. The monoisotopic (exact) mass is 560 g/mol. The Morgan fingerprint density at radius 1 is 0.900 bits per heavy atom. The SMILES string of the molecule is CC(C)C1CCN(C(=O)[C@@H](NC(=O)O[C@H]2CCC[C@@H]2C)C2CCCCC2)[C@@H]1C(=O)NC(CC1CC1)C(=O)C(N)=O. The standard InChI is InChI=1S/C30H48N4O6/c1-17(2)21-14-15-34(25(21)28(37)32-22(16-19-12-13-19)26(35)27(31)36)29(38)24(20-9-5-4-6-10-20)33-30(39)40-23-11-7-8-18(23)3/h17-25H,4-16H2,1-3H3,(H2,31,36)(H,32,37)(H,33,39)/t18-,21?,22?,23-,24-,25-/m0/s1. The summed E-state index contributed by atoms with van der Waals surface area (Å²) in [6, 6.07) is -2.56. The molecule has 6 atom stereocenters. The maximum absolute atomic E-state index is 14.2. The second-order valence-electron chi connectivity index (χ2n) is 13.0. The Hall–Kier alpha value is -2.65. The number of likely N-dealkylation sites (tertiary alicyclic amines) is 1. The van der Waals surface area contributed by atoms with E-state index in [1.807, 2.05) is 13.8 Å². The van der Waals surface area contributed by atoms with Crippen LogP contribution in [0.4, 0.5) is 4.79 Å². The van der Waals surface area contributed by atoms with Crippen molar-refractivity contribution in [2.45, 2.75) is 122 Å². The van der Waals surface area contributed by atoms with E-state index < -0.39 is 41.8 Å². The van der Waals surface area contributed by atoms with Crippen molar-refractivity contribution in [1.29, 1.82) is 0 Å². The third-order valence-corrected chi connectivity index (χ3v) is 9.70. The summed E-state index contributed by atoms with van der Waals surface area (Å²) in [4.78, 5) is 66.9. The van der Waals surface area contributed by atoms with Crippen LogP contribution in [0.3, 0.4) is 0 Å². The van der Waals surface area contributed by atoms with Crippen LogP contribution in [-0.4, -0.2) is 65.3 Å². The van der Waals surface area contributed by atoms with Gasteiger partial charge in [-0.25, -0.2) is 4.79 Å². The van der Waals surface area contributed by atoms with Crippen LogP contribution in [0.1, 0.15) is 97.8 Å². The minimum Gasteiger partial charge on any atom is -0.446 e. The van der Waals surface area contributed by atoms with E-state index >= 15 is 0 Å². The Bertz CT molecular complexity index is 960. The highest BCUT2D eigenvalue weighted by Crippen LogP contribution is 2.36. The van der Waals surface area contributed by atoms with E-state index in [2.05, 4.69) is 17.6 Å². The number of amides is 4. The largest absolute Gasteiger partial charge is 0.446 e. The van der Waals surface area contributed by atoms with Crippen LogP contribution in [-0.2, 0) is 23.9 Å². The zero-order chi connectivity index (χ0) is 29.0. The molecule has 1 aliphatic heterocycles. The highest BCUT2D eigenvalue weighted by Gasteiger charge is 2.47. The molecule has 4 rings (SSSR count). The van der Waals surface area contributed by atoms with Crippen molar-refractivity contribution in [3.8, 4) is 0 Å². The lowest BCUT2D eigenvalue weighted by atomic mass is 9.83. The molecule has 4 N–H and O–H groups in total. The molecule has 40 heavy (non-hydrogen) atoms. The second kappa shape index (κ2) is 13.3. The predicted molar refractivity (Wildman–Crippen MR) is 149 cm³/mol. The molecule has 10 heteroatoms. The highest BCUT2D eigenvalue weighted by atomic mass is 16.6. The molecule has 0 aromatic rings. The van der Waals surface area contributed by atoms with Crippen molar-refractivity contribution in [2.24, 2.45) is 35.3 Å². The van der Waals surface area contributed by atoms with E-state index in [0.717, 1.165) is 64.2 Å². The van der Waals surface area contributed by atoms with Gasteiger partial charge < -0.3 is 26.0 Å². The Kier molecular flexibility index (Phi) is 10.1. The molecule has 224 valence electrons. The lowest BCUT2D eigenvalue weighted by molar-refractivity contribution is -0.144. The van der Waals surface area contributed by atoms with Crippen LogP contribution in [0.5, 0.6) is 0 Å². The molecule has 2 unspecified atom stereocenters. The molecule has 4 fully saturated rings. The lowest BCUT2D eigenvalue weighted by Crippen LogP contribution is -2.59. The minimum atomic E-state index is -1.07. The molecular formula is C30H48N4O6. The molecule has 0 radical (unpaired) electrons. The summed E-state index contributed by atoms with van der Waals surface area (Å²) in [5, 5.41) is 5.72. The number of nitrogens with zero attached hydrogens (tertiary/aromatic N) is 1. The summed E-state index contributed by atoms with van der Waals surface area (Å²) < 4.78 is 5.75. The van der Waals surface area contributed by atoms with Gasteiger partial charge in [0, 0.05) is 6.54 Å². The molecule has 4 aliphatic rings. The number of ketones is 1. The van der Waals surface area contributed by atoms with E-state index in [4.69, 9.17) is 10.5 Å². The molecule has 10 nitrogen and oxygen atoms in total. The van der Waals surface area contributed by atoms with E-state index in [9.17, 15) is 24.0 Å². The summed E-state index contributed by atoms with van der Waals surface area (Å²) in [7, 11) is 0. The predicted octanol–water partition coefficient (Wildman–Crippen LogP) is 3.06. The normalized spacial score (nSPS) is 28.6. The molecular weight excluding hydrogens is 512 g/mol. The first-order chi connectivity index (χ1) is 19.1. The van der Waals surface area contributed by atoms with Gasteiger partial charge in [-0.05, 0) is 74.5 Å². The van der Waals surface area contributed by atoms with Crippen molar-refractivity contribution in [1.82, 2.24) is 15.5 Å². The van der Waals surface area contributed by atoms with E-state index in [1.54, 1.807) is 4.90 Å². The molecule has 0 spiro atoms. The first-order valence-corrected chi connectivity index (χ1v) is 15.5. The number of carbonyl (C=O) groups is 5. The summed E-state index contributed by atoms with van der Waals surface area (Å²) in [6.45, 7) is 6.50. The molecule has 4 amide bonds. The zero-order valence-electron chi connectivity index (χ0n) is 24.4. The van der Waals surface area contributed by atoms with Crippen LogP contribution < -0.4 is 16.4 Å². The topological polar surface area (TPSA) is 148 Å². The molecule has 3 saturated carbocycles. The van der Waals surface area contributed by atoms with Gasteiger partial charge in [0.25, 0.3) is 5.91 Å². The molecule has 1 saturated heterocycles. The highest BCUT2D eigenvalue weighted by molar-refractivity contribution is 6.37. The molecule has 0 bridgehead atoms. The number of ether oxygens (including phenoxy) is 1. The molecule has 1 heterocycles. The minimum absolute atomic E-state index is 0.0318. The van der Waals surface area contributed by atoms with Crippen LogP contribution in [0.15, 0.2) is 0 Å². The van der Waals surface area contributed by atoms with Gasteiger partial charge in [0.1, 0.15) is 18.2 Å². The number of rotatable bonds is 11. The Morgan fingerprint density at radius 2 is 1.60 bits per heavy atom. The maximum Gasteiger partial charge on any atom is 0.408 e. The van der Waals surface area contributed by atoms with Gasteiger partial charge in [-0.3, -0.25) is 19.2 Å². The van der Waals surface area contributed by atoms with Gasteiger partial charge in [-0.2, -0.15) is 0 Å². The van der Waals surface area contributed by atoms with Crippen molar-refractivity contribution in [3.05, 3.63) is 0 Å². The fourth-order valence-corrected chi connectivity index (χ4v) is 7.06. The Morgan fingerprint density at radius 3 is 2.17 bits per heavy atom. The molecule has 3 aliphatic carbocycles. The fraction of sp³-hybridized carbons (Fsp3) is 0.833. The van der Waals surface area contributed by atoms with Gasteiger partial charge >= 0.3 is 6.09 Å². The summed E-state index contributed by atoms with van der Waals surface area (Å²) in [5.74, 6) is -2.05. The number of Topliss-reactive ketones (excluding diaryl/α,β-unsaturated/α-hetero) is 1. The van der Waals surface area contributed by atoms with Gasteiger partial charge in [0.15, 0.2) is 0 Å². The van der Waals surface area contributed by atoms with Crippen LogP contribution in [0, 0.1) is 29.6 Å². The average molecular weight is 561 g/mol. The lowest BCUT2D eigenvalue weighted by Gasteiger charge is -2.36. The van der Waals surface area contributed by atoms with Gasteiger partial charge in [0.05, 0.1) is 6.04 Å². The number of hydrogen-bond donors (Lipinski definition) is 3. The number of primary amides is 1. The number of alkyl carbamates (subject to hydrolysis) is 1. The van der Waals surface area contributed by atoms with Gasteiger partial charge in [0.2, 0.25) is 17.6 Å². The maximum atomic E-state index is 14.2. The first kappa shape index (κ1) is 30.3. The number of hydrogen-bond acceptors (Lipinski definition) is 6. The van der Waals surface area contributed by atoms with Crippen molar-refractivity contribution < 1.29 is 28.7 Å². The van der Waals surface area contributed by atoms with Gasteiger partial charge in [-0.15, -0.1) is 0 Å². The van der Waals surface area contributed by atoms with E-state index in [1.165, 1.54) is 0 Å². The summed E-state index contributed by atoms with van der Waals surface area (Å²) >= 11 is 0. The number of nitrogens with one attached hydrogen (secondary N) is 2. The molecule has 0 aromatic carbocycles. The van der Waals surface area contributed by atoms with Crippen molar-refractivity contribution >= 4 is 29.6 Å². The zero-order valence-corrected chi connectivity index (χ0v) is 24.4. The van der Waals surface area contributed by atoms with Crippen LogP contribution >= 0.6 is 0 Å². The number of nitrogens with two attached hydrogens (primary N) is 1. The van der Waals surface area contributed by atoms with Crippen LogP contribution in [0.2, 0.25) is 0 Å². The summed E-state index contributed by atoms with van der Waals surface area (Å²) in [6.07, 6.45) is 9.78. The quantitative estimate of drug-likeness (QED) is 0.331. The van der Waals surface area contributed by atoms with E-state index in [0.29, 0.717) is 25.3 Å². The fourth-order valence-electron chi connectivity index (χ4n) is 7.06. The first-order valence-electron chi connectivity index (χ1n) is 15.5. The average Bonchev–Trinajstić information content (AvgIpc) is 3.47. The number of carbonyl (C=O) groups excluding carboxylic acids is 5. The van der Waals surface area contributed by atoms with Crippen LogP contribution in [0.25, 0.3) is 0 Å². The smallest absolute Gasteiger partial charge is 0.408 e. The van der Waals surface area contributed by atoms with Crippen molar-refractivity contribution in [3.63, 3.8) is 0 Å². The third-order valence-electron chi connectivity index (χ3n) is 9.70. The summed E-state index contributed by atoms with van der Waals surface area (Å²) in [5.41, 5.74) is 5.29. The second-order valence-corrected chi connectivity index (χ2v) is 13.0. The van der Waals surface area contributed by atoms with Gasteiger partial charge in [-0.1, -0.05) is 52.9 Å². The Labute approximate surface area is 237 Å². The third kappa shape index (κ3) is 7.35. The molecule has 0 aromatic heterocycles. The van der Waals surface area contributed by atoms with E-state index in [-0.39, 0.29) is 35.7 Å². The van der Waals surface area contributed by atoms with Crippen molar-refractivity contribution in [2.75, 3.05) is 6.54 Å².